The third-order valence-corrected chi connectivity index (χ3v) is 4.62. The van der Waals surface area contributed by atoms with E-state index >= 15 is 0 Å². The molecule has 2 aliphatic rings. The first-order valence-corrected chi connectivity index (χ1v) is 10.1. The Balaban J connectivity index is 1.44. The summed E-state index contributed by atoms with van der Waals surface area (Å²) in [5.74, 6) is 0.883. The molecule has 0 spiro atoms. The summed E-state index contributed by atoms with van der Waals surface area (Å²) >= 11 is 0. The average Bonchev–Trinajstić information content (AvgIpc) is 3.12. The predicted octanol–water partition coefficient (Wildman–Crippen LogP) is 3.73. The number of hydrogen-bond acceptors (Lipinski definition) is 6. The maximum atomic E-state index is 11.7. The fourth-order valence-electron chi connectivity index (χ4n) is 3.33. The van der Waals surface area contributed by atoms with Gasteiger partial charge in [-0.2, -0.15) is 0 Å². The van der Waals surface area contributed by atoms with Crippen molar-refractivity contribution in [2.24, 2.45) is 5.16 Å². The Kier molecular flexibility index (Phi) is 6.65. The molecule has 28 heavy (non-hydrogen) atoms. The molecule has 1 atom stereocenters. The molecule has 3 rings (SSSR count). The number of anilines is 1. The van der Waals surface area contributed by atoms with Gasteiger partial charge >= 0.3 is 6.09 Å². The van der Waals surface area contributed by atoms with Gasteiger partial charge in [-0.05, 0) is 52.2 Å². The van der Waals surface area contributed by atoms with E-state index < -0.39 is 11.7 Å². The van der Waals surface area contributed by atoms with Gasteiger partial charge in [-0.25, -0.2) is 4.79 Å². The fraction of sp³-hybridized carbons (Fsp3) is 0.619. The van der Waals surface area contributed by atoms with Gasteiger partial charge in [0.1, 0.15) is 18.0 Å². The van der Waals surface area contributed by atoms with E-state index in [9.17, 15) is 4.79 Å². The highest BCUT2D eigenvalue weighted by atomic mass is 16.7. The number of nitrogens with one attached hydrogen (secondary N) is 1. The molecule has 0 saturated carbocycles. The minimum Gasteiger partial charge on any atom is -0.487 e. The zero-order chi connectivity index (χ0) is 20.0. The van der Waals surface area contributed by atoms with Crippen LogP contribution >= 0.6 is 0 Å². The first-order chi connectivity index (χ1) is 13.4. The Morgan fingerprint density at radius 1 is 1.25 bits per heavy atom. The first-order valence-electron chi connectivity index (χ1n) is 10.1. The summed E-state index contributed by atoms with van der Waals surface area (Å²) in [4.78, 5) is 19.6. The normalized spacial score (nSPS) is 19.6. The largest absolute Gasteiger partial charge is 0.487 e. The van der Waals surface area contributed by atoms with Crippen LogP contribution in [0.15, 0.2) is 29.4 Å². The van der Waals surface area contributed by atoms with E-state index in [1.54, 1.807) is 0 Å². The molecule has 1 saturated heterocycles. The van der Waals surface area contributed by atoms with E-state index in [1.807, 2.05) is 39.0 Å². The number of oxime groups is 1. The minimum atomic E-state index is -0.518. The van der Waals surface area contributed by atoms with Crippen LogP contribution in [0.2, 0.25) is 0 Å². The van der Waals surface area contributed by atoms with Crippen molar-refractivity contribution in [2.75, 3.05) is 31.1 Å². The number of rotatable bonds is 6. The summed E-state index contributed by atoms with van der Waals surface area (Å²) in [5, 5.41) is 6.77. The quantitative estimate of drug-likeness (QED) is 0.803. The lowest BCUT2D eigenvalue weighted by molar-refractivity contribution is 0.0472. The average molecular weight is 389 g/mol. The maximum absolute atomic E-state index is 11.7. The minimum absolute atomic E-state index is 0.148. The van der Waals surface area contributed by atoms with Gasteiger partial charge < -0.3 is 24.5 Å². The van der Waals surface area contributed by atoms with Crippen LogP contribution in [0.5, 0.6) is 5.75 Å². The van der Waals surface area contributed by atoms with Crippen LogP contribution in [-0.2, 0) is 9.57 Å². The summed E-state index contributed by atoms with van der Waals surface area (Å²) < 4.78 is 11.3. The van der Waals surface area contributed by atoms with Crippen LogP contribution in [0.25, 0.3) is 0 Å². The molecular weight excluding hydrogens is 358 g/mol. The van der Waals surface area contributed by atoms with Crippen molar-refractivity contribution in [1.82, 2.24) is 5.32 Å². The molecular formula is C21H31N3O4. The van der Waals surface area contributed by atoms with Gasteiger partial charge in [0.05, 0.1) is 17.9 Å². The van der Waals surface area contributed by atoms with E-state index in [2.05, 4.69) is 21.4 Å². The first kappa shape index (κ1) is 20.3. The number of ether oxygens (including phenoxy) is 2. The predicted molar refractivity (Wildman–Crippen MR) is 109 cm³/mol. The van der Waals surface area contributed by atoms with Crippen molar-refractivity contribution < 1.29 is 19.1 Å². The summed E-state index contributed by atoms with van der Waals surface area (Å²) in [6, 6.07) is 8.16. The molecule has 1 aromatic rings. The second kappa shape index (κ2) is 9.17. The molecule has 2 heterocycles. The Hall–Kier alpha value is -2.44. The summed E-state index contributed by atoms with van der Waals surface area (Å²) in [6.45, 7) is 8.38. The topological polar surface area (TPSA) is 72.4 Å². The molecule has 2 aliphatic heterocycles. The Bertz CT molecular complexity index is 693. The molecule has 1 unspecified atom stereocenters. The van der Waals surface area contributed by atoms with Crippen molar-refractivity contribution in [3.05, 3.63) is 24.3 Å². The highest BCUT2D eigenvalue weighted by Crippen LogP contribution is 2.30. The van der Waals surface area contributed by atoms with Crippen molar-refractivity contribution in [3.63, 3.8) is 0 Å². The molecule has 0 aliphatic carbocycles. The SMILES string of the molecule is CC(C)(C)OC(=O)NCC1=NOC(COc2ccccc2N2CCCCC2)C1. The van der Waals surface area contributed by atoms with Gasteiger partial charge in [0.15, 0.2) is 6.10 Å². The van der Waals surface area contributed by atoms with Crippen LogP contribution in [0.3, 0.4) is 0 Å². The van der Waals surface area contributed by atoms with Gasteiger partial charge in [0.25, 0.3) is 0 Å². The van der Waals surface area contributed by atoms with E-state index in [4.69, 9.17) is 14.3 Å². The highest BCUT2D eigenvalue weighted by molar-refractivity contribution is 5.89. The molecule has 0 aromatic heterocycles. The number of hydrogen-bond donors (Lipinski definition) is 1. The number of alkyl carbamates (subject to hydrolysis) is 1. The number of amides is 1. The third kappa shape index (κ3) is 6.04. The van der Waals surface area contributed by atoms with Crippen LogP contribution in [0, 0.1) is 0 Å². The summed E-state index contributed by atoms with van der Waals surface area (Å²) in [6.07, 6.45) is 3.77. The molecule has 1 N–H and O–H groups in total. The highest BCUT2D eigenvalue weighted by Gasteiger charge is 2.24. The Morgan fingerprint density at radius 3 is 2.75 bits per heavy atom. The molecule has 7 nitrogen and oxygen atoms in total. The molecule has 1 fully saturated rings. The molecule has 1 amide bonds. The molecule has 154 valence electrons. The molecule has 1 aromatic carbocycles. The Morgan fingerprint density at radius 2 is 2.00 bits per heavy atom. The second-order valence-corrected chi connectivity index (χ2v) is 8.27. The van der Waals surface area contributed by atoms with Crippen LogP contribution < -0.4 is 15.0 Å². The van der Waals surface area contributed by atoms with Crippen molar-refractivity contribution in [2.45, 2.75) is 58.2 Å². The zero-order valence-corrected chi connectivity index (χ0v) is 17.1. The number of para-hydroxylation sites is 2. The number of piperidine rings is 1. The van der Waals surface area contributed by atoms with Gasteiger partial charge in [-0.1, -0.05) is 17.3 Å². The number of nitrogens with zero attached hydrogens (tertiary/aromatic N) is 2. The Labute approximate surface area is 167 Å². The molecule has 0 radical (unpaired) electrons. The maximum Gasteiger partial charge on any atom is 0.407 e. The van der Waals surface area contributed by atoms with Gasteiger partial charge in [0, 0.05) is 19.5 Å². The van der Waals surface area contributed by atoms with Crippen LogP contribution in [0.4, 0.5) is 10.5 Å². The van der Waals surface area contributed by atoms with Gasteiger partial charge in [0.2, 0.25) is 0 Å². The van der Waals surface area contributed by atoms with Crippen molar-refractivity contribution >= 4 is 17.5 Å². The fourth-order valence-corrected chi connectivity index (χ4v) is 3.33. The summed E-state index contributed by atoms with van der Waals surface area (Å²) in [7, 11) is 0. The lowest BCUT2D eigenvalue weighted by Gasteiger charge is -2.30. The number of carbonyl (C=O) groups excluding carboxylic acids is 1. The van der Waals surface area contributed by atoms with E-state index in [1.165, 1.54) is 19.3 Å². The smallest absolute Gasteiger partial charge is 0.407 e. The van der Waals surface area contributed by atoms with Crippen LogP contribution in [-0.4, -0.2) is 49.8 Å². The van der Waals surface area contributed by atoms with Crippen molar-refractivity contribution in [1.29, 1.82) is 0 Å². The number of carbonyl (C=O) groups is 1. The van der Waals surface area contributed by atoms with E-state index in [-0.39, 0.29) is 6.10 Å². The molecule has 0 bridgehead atoms. The van der Waals surface area contributed by atoms with E-state index in [0.29, 0.717) is 19.6 Å². The van der Waals surface area contributed by atoms with Gasteiger partial charge in [-0.3, -0.25) is 0 Å². The van der Waals surface area contributed by atoms with Crippen LogP contribution in [0.1, 0.15) is 46.5 Å². The van der Waals surface area contributed by atoms with Gasteiger partial charge in [-0.15, -0.1) is 0 Å². The zero-order valence-electron chi connectivity index (χ0n) is 17.1. The standard InChI is InChI=1S/C21H31N3O4/c1-21(2,3)27-20(25)22-14-16-13-17(28-23-16)15-26-19-10-6-5-9-18(19)24-11-7-4-8-12-24/h5-6,9-10,17H,4,7-8,11-15H2,1-3H3,(H,22,25). The second-order valence-electron chi connectivity index (χ2n) is 8.27. The monoisotopic (exact) mass is 389 g/mol. The van der Waals surface area contributed by atoms with E-state index in [0.717, 1.165) is 30.2 Å². The lowest BCUT2D eigenvalue weighted by Crippen LogP contribution is -2.35. The number of benzene rings is 1. The van der Waals surface area contributed by atoms with Crippen molar-refractivity contribution in [3.8, 4) is 5.75 Å². The third-order valence-electron chi connectivity index (χ3n) is 4.62. The summed E-state index contributed by atoms with van der Waals surface area (Å²) in [5.41, 5.74) is 1.41. The lowest BCUT2D eigenvalue weighted by atomic mass is 10.1. The molecule has 7 heteroatoms.